The summed E-state index contributed by atoms with van der Waals surface area (Å²) in [4.78, 5) is 14.4. The summed E-state index contributed by atoms with van der Waals surface area (Å²) in [6.07, 6.45) is 4.42. The first-order chi connectivity index (χ1) is 9.08. The van der Waals surface area contributed by atoms with Crippen molar-refractivity contribution >= 4 is 11.9 Å². The molecule has 2 rings (SSSR count). The van der Waals surface area contributed by atoms with Crippen LogP contribution in [0.2, 0.25) is 0 Å². The SMILES string of the molecule is CN(C)CC1CCCC(=Cc2ccccc2F)C1=O. The number of Topliss-reactive ketones (excluding diaryl/α,β-unsaturated/α-hetero) is 1. The highest BCUT2D eigenvalue weighted by Gasteiger charge is 2.26. The van der Waals surface area contributed by atoms with E-state index >= 15 is 0 Å². The molecule has 0 bridgehead atoms. The van der Waals surface area contributed by atoms with Crippen molar-refractivity contribution in [2.45, 2.75) is 19.3 Å². The summed E-state index contributed by atoms with van der Waals surface area (Å²) < 4.78 is 13.6. The van der Waals surface area contributed by atoms with Gasteiger partial charge in [0.1, 0.15) is 5.82 Å². The molecule has 3 heteroatoms. The van der Waals surface area contributed by atoms with Crippen LogP contribution in [0.15, 0.2) is 29.8 Å². The monoisotopic (exact) mass is 261 g/mol. The molecule has 1 fully saturated rings. The van der Waals surface area contributed by atoms with Crippen molar-refractivity contribution in [1.29, 1.82) is 0 Å². The van der Waals surface area contributed by atoms with E-state index in [4.69, 9.17) is 0 Å². The van der Waals surface area contributed by atoms with Crippen molar-refractivity contribution in [1.82, 2.24) is 4.90 Å². The summed E-state index contributed by atoms with van der Waals surface area (Å²) in [5.74, 6) is -0.0255. The number of carbonyl (C=O) groups excluding carboxylic acids is 1. The second kappa shape index (κ2) is 6.11. The van der Waals surface area contributed by atoms with Crippen LogP contribution in [0.3, 0.4) is 0 Å². The van der Waals surface area contributed by atoms with Gasteiger partial charge in [-0.3, -0.25) is 4.79 Å². The minimum absolute atomic E-state index is 0.0572. The molecule has 0 aromatic heterocycles. The van der Waals surface area contributed by atoms with Gasteiger partial charge in [-0.2, -0.15) is 0 Å². The molecule has 0 saturated heterocycles. The zero-order valence-corrected chi connectivity index (χ0v) is 11.5. The van der Waals surface area contributed by atoms with Crippen molar-refractivity contribution in [2.24, 2.45) is 5.92 Å². The van der Waals surface area contributed by atoms with Crippen molar-refractivity contribution in [2.75, 3.05) is 20.6 Å². The number of ketones is 1. The van der Waals surface area contributed by atoms with Gasteiger partial charge in [0.2, 0.25) is 0 Å². The summed E-state index contributed by atoms with van der Waals surface area (Å²) in [5.41, 5.74) is 1.28. The molecule has 0 amide bonds. The lowest BCUT2D eigenvalue weighted by Gasteiger charge is -2.25. The number of benzene rings is 1. The lowest BCUT2D eigenvalue weighted by molar-refractivity contribution is -0.120. The van der Waals surface area contributed by atoms with Crippen LogP contribution in [0, 0.1) is 11.7 Å². The van der Waals surface area contributed by atoms with Gasteiger partial charge in [0, 0.05) is 18.0 Å². The van der Waals surface area contributed by atoms with Crippen LogP contribution in [-0.4, -0.2) is 31.3 Å². The highest BCUT2D eigenvalue weighted by Crippen LogP contribution is 2.27. The lowest BCUT2D eigenvalue weighted by Crippen LogP contribution is -2.31. The van der Waals surface area contributed by atoms with Gasteiger partial charge in [-0.05, 0) is 51.1 Å². The van der Waals surface area contributed by atoms with Crippen LogP contribution < -0.4 is 0 Å². The van der Waals surface area contributed by atoms with E-state index in [2.05, 4.69) is 0 Å². The average molecular weight is 261 g/mol. The van der Waals surface area contributed by atoms with E-state index in [-0.39, 0.29) is 17.5 Å². The number of hydrogen-bond donors (Lipinski definition) is 0. The van der Waals surface area contributed by atoms with E-state index in [1.165, 1.54) is 6.07 Å². The molecule has 1 unspecified atom stereocenters. The van der Waals surface area contributed by atoms with Gasteiger partial charge in [-0.25, -0.2) is 4.39 Å². The number of hydrogen-bond acceptors (Lipinski definition) is 2. The summed E-state index contributed by atoms with van der Waals surface area (Å²) in [5, 5.41) is 0. The van der Waals surface area contributed by atoms with Crippen LogP contribution in [0.25, 0.3) is 6.08 Å². The van der Waals surface area contributed by atoms with Crippen LogP contribution in [0.4, 0.5) is 4.39 Å². The van der Waals surface area contributed by atoms with Gasteiger partial charge in [0.15, 0.2) is 5.78 Å². The highest BCUT2D eigenvalue weighted by atomic mass is 19.1. The molecule has 0 heterocycles. The fraction of sp³-hybridized carbons (Fsp3) is 0.438. The Morgan fingerprint density at radius 1 is 1.37 bits per heavy atom. The maximum Gasteiger partial charge on any atom is 0.163 e. The molecule has 0 aliphatic heterocycles. The maximum atomic E-state index is 13.6. The molecule has 2 nitrogen and oxygen atoms in total. The highest BCUT2D eigenvalue weighted by molar-refractivity contribution is 6.01. The Morgan fingerprint density at radius 3 is 2.79 bits per heavy atom. The first-order valence-corrected chi connectivity index (χ1v) is 6.72. The predicted octanol–water partition coefficient (Wildman–Crippen LogP) is 3.14. The third-order valence-electron chi connectivity index (χ3n) is 3.51. The second-order valence-corrected chi connectivity index (χ2v) is 5.41. The van der Waals surface area contributed by atoms with E-state index in [0.717, 1.165) is 31.4 Å². The molecular weight excluding hydrogens is 241 g/mol. The molecule has 1 aliphatic carbocycles. The summed E-state index contributed by atoms with van der Waals surface area (Å²) in [6, 6.07) is 6.59. The molecule has 1 atom stereocenters. The lowest BCUT2D eigenvalue weighted by atomic mass is 9.83. The van der Waals surface area contributed by atoms with Crippen molar-refractivity contribution < 1.29 is 9.18 Å². The van der Waals surface area contributed by atoms with E-state index in [0.29, 0.717) is 5.56 Å². The molecule has 1 aromatic rings. The van der Waals surface area contributed by atoms with Gasteiger partial charge in [-0.15, -0.1) is 0 Å². The van der Waals surface area contributed by atoms with Crippen molar-refractivity contribution in [3.8, 4) is 0 Å². The zero-order valence-electron chi connectivity index (χ0n) is 11.5. The van der Waals surface area contributed by atoms with E-state index in [1.807, 2.05) is 19.0 Å². The molecule has 1 saturated carbocycles. The number of carbonyl (C=O) groups is 1. The van der Waals surface area contributed by atoms with Gasteiger partial charge < -0.3 is 4.90 Å². The van der Waals surface area contributed by atoms with E-state index in [1.54, 1.807) is 24.3 Å². The van der Waals surface area contributed by atoms with Crippen LogP contribution in [0.5, 0.6) is 0 Å². The van der Waals surface area contributed by atoms with E-state index in [9.17, 15) is 9.18 Å². The topological polar surface area (TPSA) is 20.3 Å². The Hall–Kier alpha value is -1.48. The minimum atomic E-state index is -0.266. The zero-order chi connectivity index (χ0) is 13.8. The van der Waals surface area contributed by atoms with Crippen LogP contribution >= 0.6 is 0 Å². The molecule has 1 aliphatic rings. The van der Waals surface area contributed by atoms with Crippen LogP contribution in [-0.2, 0) is 4.79 Å². The smallest absolute Gasteiger partial charge is 0.163 e. The summed E-state index contributed by atoms with van der Waals surface area (Å²) in [6.45, 7) is 0.771. The Labute approximate surface area is 113 Å². The van der Waals surface area contributed by atoms with Gasteiger partial charge >= 0.3 is 0 Å². The van der Waals surface area contributed by atoms with Gasteiger partial charge in [-0.1, -0.05) is 18.2 Å². The Bertz CT molecular complexity index is 493. The van der Waals surface area contributed by atoms with Crippen molar-refractivity contribution in [3.05, 3.63) is 41.2 Å². The largest absolute Gasteiger partial charge is 0.309 e. The summed E-state index contributed by atoms with van der Waals surface area (Å²) in [7, 11) is 3.95. The number of halogens is 1. The maximum absolute atomic E-state index is 13.6. The fourth-order valence-corrected chi connectivity index (χ4v) is 2.59. The third-order valence-corrected chi connectivity index (χ3v) is 3.51. The molecule has 0 spiro atoms. The first kappa shape index (κ1) is 13.9. The number of nitrogens with zero attached hydrogens (tertiary/aromatic N) is 1. The third kappa shape index (κ3) is 3.51. The predicted molar refractivity (Wildman–Crippen MR) is 75.3 cm³/mol. The Balaban J connectivity index is 2.20. The molecule has 0 radical (unpaired) electrons. The van der Waals surface area contributed by atoms with Crippen LogP contribution in [0.1, 0.15) is 24.8 Å². The van der Waals surface area contributed by atoms with Gasteiger partial charge in [0.05, 0.1) is 0 Å². The first-order valence-electron chi connectivity index (χ1n) is 6.72. The number of allylic oxidation sites excluding steroid dienone is 1. The Morgan fingerprint density at radius 2 is 2.11 bits per heavy atom. The second-order valence-electron chi connectivity index (χ2n) is 5.41. The normalized spacial score (nSPS) is 22.2. The van der Waals surface area contributed by atoms with Gasteiger partial charge in [0.25, 0.3) is 0 Å². The minimum Gasteiger partial charge on any atom is -0.309 e. The molecule has 0 N–H and O–H groups in total. The molecule has 19 heavy (non-hydrogen) atoms. The standard InChI is InChI=1S/C16H20FNO/c1-18(2)11-14-8-5-7-13(16(14)19)10-12-6-3-4-9-15(12)17/h3-4,6,9-10,14H,5,7-8,11H2,1-2H3. The Kier molecular flexibility index (Phi) is 4.48. The summed E-state index contributed by atoms with van der Waals surface area (Å²) >= 11 is 0. The fourth-order valence-electron chi connectivity index (χ4n) is 2.59. The van der Waals surface area contributed by atoms with E-state index < -0.39 is 0 Å². The molecular formula is C16H20FNO. The number of rotatable bonds is 3. The molecule has 1 aromatic carbocycles. The quantitative estimate of drug-likeness (QED) is 0.779. The van der Waals surface area contributed by atoms with Crippen molar-refractivity contribution in [3.63, 3.8) is 0 Å². The molecule has 102 valence electrons. The average Bonchev–Trinajstić information content (AvgIpc) is 2.36.